The first-order valence-electron chi connectivity index (χ1n) is 5.99. The van der Waals surface area contributed by atoms with E-state index in [1.165, 1.54) is 0 Å². The smallest absolute Gasteiger partial charge is 0.211 e. The fourth-order valence-electron chi connectivity index (χ4n) is 1.34. The van der Waals surface area contributed by atoms with E-state index in [-0.39, 0.29) is 18.3 Å². The maximum atomic E-state index is 11.6. The van der Waals surface area contributed by atoms with E-state index in [4.69, 9.17) is 5.11 Å². The molecule has 0 aliphatic carbocycles. The number of nitrogens with one attached hydrogen (secondary N) is 1. The first-order chi connectivity index (χ1) is 7.41. The van der Waals surface area contributed by atoms with E-state index in [0.29, 0.717) is 25.3 Å². The van der Waals surface area contributed by atoms with Crippen molar-refractivity contribution in [1.29, 1.82) is 0 Å². The van der Waals surface area contributed by atoms with E-state index in [9.17, 15) is 8.42 Å². The molecule has 16 heavy (non-hydrogen) atoms. The Kier molecular flexibility index (Phi) is 7.97. The van der Waals surface area contributed by atoms with Gasteiger partial charge in [-0.05, 0) is 24.7 Å². The SMILES string of the molecule is CCC(CCO)CNS(=O)(=O)CCC(C)C. The molecule has 0 saturated carbocycles. The van der Waals surface area contributed by atoms with Gasteiger partial charge >= 0.3 is 0 Å². The second-order valence-corrected chi connectivity index (χ2v) is 6.56. The van der Waals surface area contributed by atoms with Crippen LogP contribution in [0.3, 0.4) is 0 Å². The molecule has 0 spiro atoms. The van der Waals surface area contributed by atoms with Crippen LogP contribution in [0, 0.1) is 11.8 Å². The number of rotatable bonds is 9. The summed E-state index contributed by atoms with van der Waals surface area (Å²) in [5.74, 6) is 0.829. The molecular formula is C11H25NO3S. The quantitative estimate of drug-likeness (QED) is 0.650. The molecule has 0 aromatic carbocycles. The van der Waals surface area contributed by atoms with Crippen LogP contribution < -0.4 is 4.72 Å². The zero-order valence-electron chi connectivity index (χ0n) is 10.6. The summed E-state index contributed by atoms with van der Waals surface area (Å²) in [6, 6.07) is 0. The first kappa shape index (κ1) is 15.9. The average molecular weight is 251 g/mol. The molecule has 0 amide bonds. The Bertz CT molecular complexity index is 262. The fourth-order valence-corrected chi connectivity index (χ4v) is 2.76. The summed E-state index contributed by atoms with van der Waals surface area (Å²) < 4.78 is 25.8. The van der Waals surface area contributed by atoms with Crippen molar-refractivity contribution in [3.05, 3.63) is 0 Å². The third kappa shape index (κ3) is 8.07. The van der Waals surface area contributed by atoms with Crippen LogP contribution in [0.4, 0.5) is 0 Å². The van der Waals surface area contributed by atoms with Gasteiger partial charge < -0.3 is 5.11 Å². The lowest BCUT2D eigenvalue weighted by Gasteiger charge is -2.14. The van der Waals surface area contributed by atoms with Gasteiger partial charge in [0.25, 0.3) is 0 Å². The number of aliphatic hydroxyl groups is 1. The molecule has 0 aromatic rings. The topological polar surface area (TPSA) is 66.4 Å². The molecule has 1 atom stereocenters. The van der Waals surface area contributed by atoms with E-state index < -0.39 is 10.0 Å². The molecule has 0 radical (unpaired) electrons. The van der Waals surface area contributed by atoms with Crippen molar-refractivity contribution in [2.24, 2.45) is 11.8 Å². The highest BCUT2D eigenvalue weighted by molar-refractivity contribution is 7.89. The molecule has 2 N–H and O–H groups in total. The lowest BCUT2D eigenvalue weighted by Crippen LogP contribution is -2.31. The van der Waals surface area contributed by atoms with Crippen LogP contribution in [-0.2, 0) is 10.0 Å². The number of sulfonamides is 1. The van der Waals surface area contributed by atoms with Crippen molar-refractivity contribution in [3.63, 3.8) is 0 Å². The summed E-state index contributed by atoms with van der Waals surface area (Å²) in [4.78, 5) is 0. The van der Waals surface area contributed by atoms with Crippen molar-refractivity contribution in [1.82, 2.24) is 4.72 Å². The molecule has 0 saturated heterocycles. The molecule has 0 heterocycles. The Morgan fingerprint density at radius 2 is 1.88 bits per heavy atom. The minimum Gasteiger partial charge on any atom is -0.396 e. The summed E-state index contributed by atoms with van der Waals surface area (Å²) in [5.41, 5.74) is 0. The normalized spacial score (nSPS) is 14.3. The van der Waals surface area contributed by atoms with Crippen molar-refractivity contribution in [3.8, 4) is 0 Å². The van der Waals surface area contributed by atoms with Crippen LogP contribution in [-0.4, -0.2) is 32.4 Å². The third-order valence-corrected chi connectivity index (χ3v) is 4.05. The van der Waals surface area contributed by atoms with E-state index in [1.54, 1.807) is 0 Å². The summed E-state index contributed by atoms with van der Waals surface area (Å²) in [5, 5.41) is 8.80. The molecule has 0 rings (SSSR count). The van der Waals surface area contributed by atoms with Gasteiger partial charge in [-0.15, -0.1) is 0 Å². The largest absolute Gasteiger partial charge is 0.396 e. The molecule has 98 valence electrons. The lowest BCUT2D eigenvalue weighted by molar-refractivity contribution is 0.254. The van der Waals surface area contributed by atoms with Crippen molar-refractivity contribution in [2.75, 3.05) is 18.9 Å². The minimum absolute atomic E-state index is 0.117. The Morgan fingerprint density at radius 3 is 2.31 bits per heavy atom. The maximum absolute atomic E-state index is 11.6. The first-order valence-corrected chi connectivity index (χ1v) is 7.64. The van der Waals surface area contributed by atoms with Crippen LogP contribution in [0.15, 0.2) is 0 Å². The second kappa shape index (κ2) is 8.03. The van der Waals surface area contributed by atoms with Crippen LogP contribution in [0.1, 0.15) is 40.0 Å². The van der Waals surface area contributed by atoms with Crippen LogP contribution >= 0.6 is 0 Å². The molecule has 0 fully saturated rings. The van der Waals surface area contributed by atoms with Crippen LogP contribution in [0.2, 0.25) is 0 Å². The molecule has 0 bridgehead atoms. The molecule has 0 aliphatic heterocycles. The number of hydrogen-bond donors (Lipinski definition) is 2. The molecule has 0 aromatic heterocycles. The maximum Gasteiger partial charge on any atom is 0.211 e. The number of hydrogen-bond acceptors (Lipinski definition) is 3. The number of aliphatic hydroxyl groups excluding tert-OH is 1. The van der Waals surface area contributed by atoms with Gasteiger partial charge in [-0.2, -0.15) is 0 Å². The van der Waals surface area contributed by atoms with Gasteiger partial charge in [-0.1, -0.05) is 27.2 Å². The highest BCUT2D eigenvalue weighted by Crippen LogP contribution is 2.07. The van der Waals surface area contributed by atoms with E-state index in [0.717, 1.165) is 6.42 Å². The van der Waals surface area contributed by atoms with Crippen LogP contribution in [0.5, 0.6) is 0 Å². The van der Waals surface area contributed by atoms with Gasteiger partial charge in [0.15, 0.2) is 0 Å². The zero-order chi connectivity index (χ0) is 12.6. The van der Waals surface area contributed by atoms with Gasteiger partial charge in [0.1, 0.15) is 0 Å². The molecule has 0 aliphatic rings. The van der Waals surface area contributed by atoms with Gasteiger partial charge in [-0.3, -0.25) is 0 Å². The van der Waals surface area contributed by atoms with Crippen LogP contribution in [0.25, 0.3) is 0 Å². The predicted molar refractivity (Wildman–Crippen MR) is 66.7 cm³/mol. The van der Waals surface area contributed by atoms with Crippen molar-refractivity contribution >= 4 is 10.0 Å². The molecule has 4 nitrogen and oxygen atoms in total. The fraction of sp³-hybridized carbons (Fsp3) is 1.00. The Balaban J connectivity index is 3.97. The highest BCUT2D eigenvalue weighted by atomic mass is 32.2. The average Bonchev–Trinajstić information content (AvgIpc) is 2.21. The van der Waals surface area contributed by atoms with Gasteiger partial charge in [0.2, 0.25) is 10.0 Å². The zero-order valence-corrected chi connectivity index (χ0v) is 11.4. The third-order valence-electron chi connectivity index (χ3n) is 2.67. The van der Waals surface area contributed by atoms with Crippen molar-refractivity contribution < 1.29 is 13.5 Å². The highest BCUT2D eigenvalue weighted by Gasteiger charge is 2.13. The lowest BCUT2D eigenvalue weighted by atomic mass is 10.0. The Labute approximate surface area is 99.5 Å². The Morgan fingerprint density at radius 1 is 1.25 bits per heavy atom. The second-order valence-electron chi connectivity index (χ2n) is 4.64. The van der Waals surface area contributed by atoms with Gasteiger partial charge in [-0.25, -0.2) is 13.1 Å². The van der Waals surface area contributed by atoms with E-state index in [1.807, 2.05) is 20.8 Å². The van der Waals surface area contributed by atoms with E-state index in [2.05, 4.69) is 4.72 Å². The van der Waals surface area contributed by atoms with Gasteiger partial charge in [0.05, 0.1) is 5.75 Å². The summed E-state index contributed by atoms with van der Waals surface area (Å²) >= 11 is 0. The predicted octanol–water partition coefficient (Wildman–Crippen LogP) is 1.36. The van der Waals surface area contributed by atoms with Crippen molar-refractivity contribution in [2.45, 2.75) is 40.0 Å². The summed E-state index contributed by atoms with van der Waals surface area (Å²) in [6.45, 7) is 6.58. The van der Waals surface area contributed by atoms with Gasteiger partial charge in [0, 0.05) is 13.2 Å². The Hall–Kier alpha value is -0.130. The monoisotopic (exact) mass is 251 g/mol. The summed E-state index contributed by atoms with van der Waals surface area (Å²) in [6.07, 6.45) is 2.22. The molecule has 5 heteroatoms. The molecule has 1 unspecified atom stereocenters. The van der Waals surface area contributed by atoms with E-state index >= 15 is 0 Å². The standard InChI is InChI=1S/C11H25NO3S/c1-4-11(5-7-13)9-12-16(14,15)8-6-10(2)3/h10-13H,4-9H2,1-3H3. The summed E-state index contributed by atoms with van der Waals surface area (Å²) in [7, 11) is -3.13. The molecular weight excluding hydrogens is 226 g/mol. The minimum atomic E-state index is -3.13.